The second-order valence-corrected chi connectivity index (χ2v) is 13.6. The van der Waals surface area contributed by atoms with E-state index in [9.17, 15) is 0 Å². The predicted octanol–water partition coefficient (Wildman–Crippen LogP) is 14.6. The van der Waals surface area contributed by atoms with E-state index in [2.05, 4.69) is 206 Å². The van der Waals surface area contributed by atoms with E-state index >= 15 is 0 Å². The molecule has 0 saturated heterocycles. The summed E-state index contributed by atoms with van der Waals surface area (Å²) in [7, 11) is 0. The Morgan fingerprint density at radius 2 is 0.712 bits per heavy atom. The standard InChI is InChI=1S/C52H34/c1-2-14-37(15-3-1)43-19-8-9-21-45(43)42-31-32-49-50(34-42)51(39-28-25-36(26-29-39)41-30-27-35-13-4-5-17-40(35)33-41)47-22-10-11-23-48(47)52(49)46-24-12-18-38-16-6-7-20-44(38)46/h1-34H. The predicted molar refractivity (Wildman–Crippen MR) is 224 cm³/mol. The molecule has 0 aliphatic carbocycles. The first-order valence-corrected chi connectivity index (χ1v) is 18.0. The second-order valence-electron chi connectivity index (χ2n) is 13.6. The molecule has 52 heavy (non-hydrogen) atoms. The minimum absolute atomic E-state index is 1.21. The Morgan fingerprint density at radius 1 is 0.192 bits per heavy atom. The molecule has 0 aliphatic heterocycles. The Labute approximate surface area is 303 Å². The molecule has 0 unspecified atom stereocenters. The van der Waals surface area contributed by atoms with Crippen LogP contribution in [0.4, 0.5) is 0 Å². The highest BCUT2D eigenvalue weighted by Crippen LogP contribution is 2.47. The van der Waals surface area contributed by atoms with Crippen LogP contribution in [-0.4, -0.2) is 0 Å². The fraction of sp³-hybridized carbons (Fsp3) is 0. The van der Waals surface area contributed by atoms with Crippen molar-refractivity contribution >= 4 is 43.1 Å². The monoisotopic (exact) mass is 658 g/mol. The molecule has 10 aromatic rings. The Balaban J connectivity index is 1.25. The van der Waals surface area contributed by atoms with Gasteiger partial charge in [0.2, 0.25) is 0 Å². The lowest BCUT2D eigenvalue weighted by Crippen LogP contribution is -1.93. The molecule has 0 saturated carbocycles. The zero-order chi connectivity index (χ0) is 34.4. The molecule has 0 bridgehead atoms. The third-order valence-electron chi connectivity index (χ3n) is 10.7. The van der Waals surface area contributed by atoms with Gasteiger partial charge in [-0.15, -0.1) is 0 Å². The van der Waals surface area contributed by atoms with Crippen molar-refractivity contribution in [3.63, 3.8) is 0 Å². The van der Waals surface area contributed by atoms with Crippen molar-refractivity contribution in [1.82, 2.24) is 0 Å². The summed E-state index contributed by atoms with van der Waals surface area (Å²) in [6.45, 7) is 0. The fourth-order valence-corrected chi connectivity index (χ4v) is 8.19. The van der Waals surface area contributed by atoms with E-state index < -0.39 is 0 Å². The minimum Gasteiger partial charge on any atom is -0.0622 e. The second kappa shape index (κ2) is 12.5. The fourth-order valence-electron chi connectivity index (χ4n) is 8.19. The zero-order valence-corrected chi connectivity index (χ0v) is 28.6. The van der Waals surface area contributed by atoms with Gasteiger partial charge in [-0.25, -0.2) is 0 Å². The van der Waals surface area contributed by atoms with Crippen LogP contribution < -0.4 is 0 Å². The summed E-state index contributed by atoms with van der Waals surface area (Å²) in [5, 5.41) is 10.1. The summed E-state index contributed by atoms with van der Waals surface area (Å²) < 4.78 is 0. The molecular weight excluding hydrogens is 625 g/mol. The quantitative estimate of drug-likeness (QED) is 0.161. The third kappa shape index (κ3) is 5.08. The van der Waals surface area contributed by atoms with Gasteiger partial charge < -0.3 is 0 Å². The number of fused-ring (bicyclic) bond motifs is 4. The molecule has 0 radical (unpaired) electrons. The third-order valence-corrected chi connectivity index (χ3v) is 10.7. The van der Waals surface area contributed by atoms with Crippen molar-refractivity contribution in [3.05, 3.63) is 206 Å². The molecule has 0 amide bonds. The summed E-state index contributed by atoms with van der Waals surface area (Å²) in [6.07, 6.45) is 0. The van der Waals surface area contributed by atoms with Gasteiger partial charge in [0.1, 0.15) is 0 Å². The SMILES string of the molecule is c1ccc(-c2ccccc2-c2ccc3c(-c4cccc5ccccc45)c4ccccc4c(-c4ccc(-c5ccc6ccccc6c5)cc4)c3c2)cc1. The van der Waals surface area contributed by atoms with E-state index in [1.54, 1.807) is 0 Å². The van der Waals surface area contributed by atoms with Gasteiger partial charge in [-0.3, -0.25) is 0 Å². The van der Waals surface area contributed by atoms with Crippen LogP contribution in [-0.2, 0) is 0 Å². The molecule has 0 aliphatic rings. The van der Waals surface area contributed by atoms with Crippen LogP contribution in [0.3, 0.4) is 0 Å². The molecule has 10 rings (SSSR count). The number of hydrogen-bond donors (Lipinski definition) is 0. The van der Waals surface area contributed by atoms with Crippen molar-refractivity contribution in [2.75, 3.05) is 0 Å². The Kier molecular flexibility index (Phi) is 7.25. The molecule has 10 aromatic carbocycles. The number of hydrogen-bond acceptors (Lipinski definition) is 0. The highest BCUT2D eigenvalue weighted by molar-refractivity contribution is 6.24. The van der Waals surface area contributed by atoms with Crippen LogP contribution in [0.5, 0.6) is 0 Å². The first kappa shape index (κ1) is 30.1. The summed E-state index contributed by atoms with van der Waals surface area (Å²) in [6, 6.07) is 75.6. The Morgan fingerprint density at radius 3 is 1.50 bits per heavy atom. The van der Waals surface area contributed by atoms with Crippen LogP contribution >= 0.6 is 0 Å². The van der Waals surface area contributed by atoms with Gasteiger partial charge in [0.25, 0.3) is 0 Å². The van der Waals surface area contributed by atoms with Crippen LogP contribution in [0.25, 0.3) is 98.7 Å². The summed E-state index contributed by atoms with van der Waals surface area (Å²) in [4.78, 5) is 0. The minimum atomic E-state index is 1.21. The van der Waals surface area contributed by atoms with Crippen molar-refractivity contribution in [3.8, 4) is 55.6 Å². The zero-order valence-electron chi connectivity index (χ0n) is 28.6. The van der Waals surface area contributed by atoms with Gasteiger partial charge in [-0.2, -0.15) is 0 Å². The first-order valence-electron chi connectivity index (χ1n) is 18.0. The Hall–Kier alpha value is -6.76. The molecular formula is C52H34. The van der Waals surface area contributed by atoms with Crippen LogP contribution in [0.15, 0.2) is 206 Å². The number of benzene rings is 10. The van der Waals surface area contributed by atoms with Gasteiger partial charge in [-0.05, 0) is 111 Å². The maximum absolute atomic E-state index is 2.44. The molecule has 0 nitrogen and oxygen atoms in total. The van der Waals surface area contributed by atoms with Gasteiger partial charge in [0.05, 0.1) is 0 Å². The van der Waals surface area contributed by atoms with Crippen molar-refractivity contribution in [2.24, 2.45) is 0 Å². The normalized spacial score (nSPS) is 11.5. The smallest absolute Gasteiger partial charge is 0.00201 e. The van der Waals surface area contributed by atoms with Crippen molar-refractivity contribution < 1.29 is 0 Å². The van der Waals surface area contributed by atoms with Crippen molar-refractivity contribution in [2.45, 2.75) is 0 Å². The van der Waals surface area contributed by atoms with Gasteiger partial charge in [0.15, 0.2) is 0 Å². The van der Waals surface area contributed by atoms with Crippen LogP contribution in [0.1, 0.15) is 0 Å². The highest BCUT2D eigenvalue weighted by Gasteiger charge is 2.19. The average Bonchev–Trinajstić information content (AvgIpc) is 3.22. The van der Waals surface area contributed by atoms with Crippen LogP contribution in [0, 0.1) is 0 Å². The maximum Gasteiger partial charge on any atom is -0.00201 e. The van der Waals surface area contributed by atoms with Gasteiger partial charge in [-0.1, -0.05) is 194 Å². The molecule has 0 fully saturated rings. The summed E-state index contributed by atoms with van der Waals surface area (Å²) in [5.74, 6) is 0. The number of rotatable bonds is 5. The van der Waals surface area contributed by atoms with E-state index in [1.807, 2.05) is 0 Å². The van der Waals surface area contributed by atoms with Gasteiger partial charge in [0, 0.05) is 0 Å². The van der Waals surface area contributed by atoms with E-state index in [0.717, 1.165) is 0 Å². The van der Waals surface area contributed by atoms with Gasteiger partial charge >= 0.3 is 0 Å². The first-order chi connectivity index (χ1) is 25.8. The molecule has 0 atom stereocenters. The van der Waals surface area contributed by atoms with E-state index in [-0.39, 0.29) is 0 Å². The molecule has 242 valence electrons. The summed E-state index contributed by atoms with van der Waals surface area (Å²) in [5.41, 5.74) is 12.3. The van der Waals surface area contributed by atoms with E-state index in [1.165, 1.54) is 98.7 Å². The Bertz CT molecular complexity index is 2930. The lowest BCUT2D eigenvalue weighted by molar-refractivity contribution is 1.59. The largest absolute Gasteiger partial charge is 0.0622 e. The lowest BCUT2D eigenvalue weighted by Gasteiger charge is -2.20. The maximum atomic E-state index is 2.44. The van der Waals surface area contributed by atoms with E-state index in [4.69, 9.17) is 0 Å². The van der Waals surface area contributed by atoms with E-state index in [0.29, 0.717) is 0 Å². The molecule has 0 heterocycles. The highest BCUT2D eigenvalue weighted by atomic mass is 14.2. The van der Waals surface area contributed by atoms with Crippen molar-refractivity contribution in [1.29, 1.82) is 0 Å². The van der Waals surface area contributed by atoms with Crippen LogP contribution in [0.2, 0.25) is 0 Å². The average molecular weight is 659 g/mol. The molecule has 0 heteroatoms. The summed E-state index contributed by atoms with van der Waals surface area (Å²) >= 11 is 0. The molecule has 0 aromatic heterocycles. The molecule has 0 spiro atoms. The molecule has 0 N–H and O–H groups in total. The lowest BCUT2D eigenvalue weighted by atomic mass is 9.83. The topological polar surface area (TPSA) is 0 Å².